The molecule has 0 saturated heterocycles. The zero-order chi connectivity index (χ0) is 17.7. The van der Waals surface area contributed by atoms with Crippen LogP contribution < -0.4 is 5.32 Å². The summed E-state index contributed by atoms with van der Waals surface area (Å²) in [4.78, 5) is 22.7. The smallest absolute Gasteiger partial charge is 0.276 e. The number of nitro groups is 1. The van der Waals surface area contributed by atoms with E-state index in [4.69, 9.17) is 0 Å². The van der Waals surface area contributed by atoms with Crippen LogP contribution in [0.15, 0.2) is 54.6 Å². The van der Waals surface area contributed by atoms with E-state index >= 15 is 0 Å². The van der Waals surface area contributed by atoms with E-state index < -0.39 is 4.92 Å². The number of carbonyl (C=O) groups is 1. The molecule has 2 aromatic rings. The molecule has 5 heteroatoms. The number of nitro benzene ring substituents is 1. The highest BCUT2D eigenvalue weighted by atomic mass is 16.6. The third kappa shape index (κ3) is 4.29. The van der Waals surface area contributed by atoms with E-state index in [1.165, 1.54) is 18.2 Å². The van der Waals surface area contributed by atoms with Crippen LogP contribution in [0, 0.1) is 10.1 Å². The number of nitrogens with zero attached hydrogens (tertiary/aromatic N) is 1. The third-order valence-electron chi connectivity index (χ3n) is 3.54. The molecule has 0 aliphatic heterocycles. The number of nitrogens with one attached hydrogen (secondary N) is 1. The Bertz CT molecular complexity index is 789. The van der Waals surface area contributed by atoms with E-state index in [2.05, 4.69) is 26.1 Å². The molecule has 0 aliphatic carbocycles. The fourth-order valence-electron chi connectivity index (χ4n) is 2.38. The molecule has 0 fully saturated rings. The Labute approximate surface area is 141 Å². The topological polar surface area (TPSA) is 72.2 Å². The van der Waals surface area contributed by atoms with E-state index in [1.807, 2.05) is 24.3 Å². The minimum Gasteiger partial charge on any atom is -0.322 e. The molecule has 24 heavy (non-hydrogen) atoms. The highest BCUT2D eigenvalue weighted by molar-refractivity contribution is 6.02. The molecule has 0 atom stereocenters. The highest BCUT2D eigenvalue weighted by Crippen LogP contribution is 2.29. The second kappa shape index (κ2) is 7.08. The molecule has 2 rings (SSSR count). The fourth-order valence-corrected chi connectivity index (χ4v) is 2.38. The zero-order valence-electron chi connectivity index (χ0n) is 13.9. The van der Waals surface area contributed by atoms with Crippen LogP contribution in [0.25, 0.3) is 6.08 Å². The van der Waals surface area contributed by atoms with Crippen molar-refractivity contribution < 1.29 is 9.72 Å². The van der Waals surface area contributed by atoms with Gasteiger partial charge in [0, 0.05) is 17.8 Å². The second-order valence-corrected chi connectivity index (χ2v) is 6.43. The van der Waals surface area contributed by atoms with Gasteiger partial charge in [0.25, 0.3) is 5.69 Å². The van der Waals surface area contributed by atoms with Gasteiger partial charge in [-0.2, -0.15) is 0 Å². The molecule has 5 nitrogen and oxygen atoms in total. The second-order valence-electron chi connectivity index (χ2n) is 6.43. The van der Waals surface area contributed by atoms with Crippen molar-refractivity contribution in [2.75, 3.05) is 5.32 Å². The summed E-state index contributed by atoms with van der Waals surface area (Å²) >= 11 is 0. The average molecular weight is 324 g/mol. The first-order chi connectivity index (χ1) is 11.3. The molecule has 0 unspecified atom stereocenters. The SMILES string of the molecule is CC(C)(C)c1ccccc1NC(=O)/C=C/c1ccccc1[N+](=O)[O-]. The Balaban J connectivity index is 2.20. The van der Waals surface area contributed by atoms with Crippen LogP contribution >= 0.6 is 0 Å². The maximum Gasteiger partial charge on any atom is 0.276 e. The summed E-state index contributed by atoms with van der Waals surface area (Å²) < 4.78 is 0. The minimum atomic E-state index is -0.466. The van der Waals surface area contributed by atoms with E-state index in [1.54, 1.807) is 18.2 Å². The molecule has 0 aromatic heterocycles. The predicted octanol–water partition coefficient (Wildman–Crippen LogP) is 4.54. The van der Waals surface area contributed by atoms with Crippen molar-refractivity contribution in [3.63, 3.8) is 0 Å². The number of para-hydroxylation sites is 2. The van der Waals surface area contributed by atoms with E-state index in [-0.39, 0.29) is 17.0 Å². The molecule has 1 amide bonds. The van der Waals surface area contributed by atoms with Gasteiger partial charge in [0.15, 0.2) is 0 Å². The van der Waals surface area contributed by atoms with Crippen molar-refractivity contribution in [3.8, 4) is 0 Å². The van der Waals surface area contributed by atoms with Crippen LogP contribution in [0.5, 0.6) is 0 Å². The van der Waals surface area contributed by atoms with Gasteiger partial charge in [-0.05, 0) is 29.2 Å². The number of anilines is 1. The molecule has 124 valence electrons. The monoisotopic (exact) mass is 324 g/mol. The minimum absolute atomic E-state index is 0.0309. The molecule has 0 saturated carbocycles. The van der Waals surface area contributed by atoms with Crippen LogP contribution in [0.2, 0.25) is 0 Å². The van der Waals surface area contributed by atoms with E-state index in [0.717, 1.165) is 11.3 Å². The lowest BCUT2D eigenvalue weighted by Gasteiger charge is -2.22. The molecule has 1 N–H and O–H groups in total. The van der Waals surface area contributed by atoms with Crippen LogP contribution in [0.4, 0.5) is 11.4 Å². The number of benzene rings is 2. The fraction of sp³-hybridized carbons (Fsp3) is 0.211. The summed E-state index contributed by atoms with van der Waals surface area (Å²) in [5, 5.41) is 13.8. The summed E-state index contributed by atoms with van der Waals surface area (Å²) in [5.74, 6) is -0.329. The van der Waals surface area contributed by atoms with Gasteiger partial charge in [-0.1, -0.05) is 51.1 Å². The third-order valence-corrected chi connectivity index (χ3v) is 3.54. The highest BCUT2D eigenvalue weighted by Gasteiger charge is 2.18. The Morgan fingerprint density at radius 1 is 1.08 bits per heavy atom. The predicted molar refractivity (Wildman–Crippen MR) is 95.9 cm³/mol. The average Bonchev–Trinajstić information content (AvgIpc) is 2.52. The summed E-state index contributed by atoms with van der Waals surface area (Å²) in [5.41, 5.74) is 2.02. The Kier molecular flexibility index (Phi) is 5.14. The summed E-state index contributed by atoms with van der Waals surface area (Å²) in [7, 11) is 0. The summed E-state index contributed by atoms with van der Waals surface area (Å²) in [6.45, 7) is 6.21. The first-order valence-electron chi connectivity index (χ1n) is 7.61. The summed E-state index contributed by atoms with van der Waals surface area (Å²) in [6, 6.07) is 13.9. The van der Waals surface area contributed by atoms with Crippen molar-refractivity contribution in [3.05, 3.63) is 75.8 Å². The molecule has 2 aromatic carbocycles. The van der Waals surface area contributed by atoms with Crippen molar-refractivity contribution in [2.45, 2.75) is 26.2 Å². The quantitative estimate of drug-likeness (QED) is 0.509. The molecule has 0 bridgehead atoms. The maximum absolute atomic E-state index is 12.2. The Morgan fingerprint density at radius 2 is 1.71 bits per heavy atom. The number of amides is 1. The lowest BCUT2D eigenvalue weighted by Crippen LogP contribution is -2.17. The molecule has 0 heterocycles. The number of carbonyl (C=O) groups excluding carboxylic acids is 1. The van der Waals surface area contributed by atoms with Crippen LogP contribution in [0.1, 0.15) is 31.9 Å². The number of rotatable bonds is 4. The maximum atomic E-state index is 12.2. The van der Waals surface area contributed by atoms with E-state index in [9.17, 15) is 14.9 Å². The van der Waals surface area contributed by atoms with Gasteiger partial charge in [-0.15, -0.1) is 0 Å². The largest absolute Gasteiger partial charge is 0.322 e. The lowest BCUT2D eigenvalue weighted by molar-refractivity contribution is -0.385. The van der Waals surface area contributed by atoms with E-state index in [0.29, 0.717) is 5.56 Å². The van der Waals surface area contributed by atoms with Gasteiger partial charge in [0.05, 0.1) is 10.5 Å². The van der Waals surface area contributed by atoms with Gasteiger partial charge in [-0.25, -0.2) is 0 Å². The van der Waals surface area contributed by atoms with Crippen LogP contribution in [-0.2, 0) is 10.2 Å². The molecular formula is C19H20N2O3. The molecular weight excluding hydrogens is 304 g/mol. The molecule has 0 radical (unpaired) electrons. The van der Waals surface area contributed by atoms with Gasteiger partial charge in [-0.3, -0.25) is 14.9 Å². The zero-order valence-corrected chi connectivity index (χ0v) is 13.9. The van der Waals surface area contributed by atoms with Crippen molar-refractivity contribution in [1.29, 1.82) is 0 Å². The standard InChI is InChI=1S/C19H20N2O3/c1-19(2,3)15-9-5-6-10-16(15)20-18(22)13-12-14-8-4-7-11-17(14)21(23)24/h4-13H,1-3H3,(H,20,22)/b13-12+. The van der Waals surface area contributed by atoms with Gasteiger partial charge in [0.1, 0.15) is 0 Å². The van der Waals surface area contributed by atoms with Gasteiger partial charge >= 0.3 is 0 Å². The normalized spacial score (nSPS) is 11.5. The Morgan fingerprint density at radius 3 is 2.38 bits per heavy atom. The lowest BCUT2D eigenvalue weighted by atomic mass is 9.86. The van der Waals surface area contributed by atoms with Crippen LogP contribution in [0.3, 0.4) is 0 Å². The first kappa shape index (κ1) is 17.4. The molecule has 0 aliphatic rings. The number of hydrogen-bond donors (Lipinski definition) is 1. The first-order valence-corrected chi connectivity index (χ1v) is 7.61. The Hall–Kier alpha value is -2.95. The van der Waals surface area contributed by atoms with Gasteiger partial charge in [0.2, 0.25) is 5.91 Å². The van der Waals surface area contributed by atoms with Crippen LogP contribution in [-0.4, -0.2) is 10.8 Å². The van der Waals surface area contributed by atoms with Gasteiger partial charge < -0.3 is 5.32 Å². The van der Waals surface area contributed by atoms with Crippen molar-refractivity contribution >= 4 is 23.4 Å². The molecule has 0 spiro atoms. The summed E-state index contributed by atoms with van der Waals surface area (Å²) in [6.07, 6.45) is 2.76. The van der Waals surface area contributed by atoms with Crippen molar-refractivity contribution in [2.24, 2.45) is 0 Å². The number of hydrogen-bond acceptors (Lipinski definition) is 3. The van der Waals surface area contributed by atoms with Crippen molar-refractivity contribution in [1.82, 2.24) is 0 Å².